The van der Waals surface area contributed by atoms with Crippen LogP contribution in [0, 0.1) is 11.8 Å². The predicted molar refractivity (Wildman–Crippen MR) is 83.8 cm³/mol. The average Bonchev–Trinajstić information content (AvgIpc) is 2.53. The second-order valence-corrected chi connectivity index (χ2v) is 5.09. The Kier molecular flexibility index (Phi) is 5.16. The van der Waals surface area contributed by atoms with Crippen LogP contribution in [0.15, 0.2) is 54.6 Å². The summed E-state index contributed by atoms with van der Waals surface area (Å²) >= 11 is 11.6. The second-order valence-electron chi connectivity index (χ2n) is 4.21. The molecule has 0 N–H and O–H groups in total. The molecule has 1 atom stereocenters. The predicted octanol–water partition coefficient (Wildman–Crippen LogP) is 3.75. The molecule has 0 saturated carbocycles. The Hall–Kier alpha value is -2.08. The Balaban J connectivity index is 2.11. The van der Waals surface area contributed by atoms with Crippen LogP contribution in [-0.2, 0) is 4.79 Å². The number of rotatable bonds is 3. The zero-order valence-electron chi connectivity index (χ0n) is 10.8. The van der Waals surface area contributed by atoms with Crippen molar-refractivity contribution in [1.82, 2.24) is 0 Å². The summed E-state index contributed by atoms with van der Waals surface area (Å²) in [7, 11) is 0. The Morgan fingerprint density at radius 2 is 1.57 bits per heavy atom. The number of carbonyl (C=O) groups excluding carboxylic acids is 2. The van der Waals surface area contributed by atoms with Gasteiger partial charge >= 0.3 is 0 Å². The van der Waals surface area contributed by atoms with Gasteiger partial charge in [0, 0.05) is 16.1 Å². The lowest BCUT2D eigenvalue weighted by molar-refractivity contribution is -0.112. The van der Waals surface area contributed by atoms with Crippen molar-refractivity contribution in [2.75, 3.05) is 0 Å². The van der Waals surface area contributed by atoms with Gasteiger partial charge in [0.15, 0.2) is 11.2 Å². The summed E-state index contributed by atoms with van der Waals surface area (Å²) in [5, 5.41) is -0.810. The lowest BCUT2D eigenvalue weighted by atomic mass is 10.1. The lowest BCUT2D eigenvalue weighted by Crippen LogP contribution is -2.23. The molecule has 0 saturated heterocycles. The summed E-state index contributed by atoms with van der Waals surface area (Å²) in [6.07, 6.45) is 0. The Morgan fingerprint density at radius 1 is 0.952 bits per heavy atom. The molecule has 2 nitrogen and oxygen atoms in total. The molecule has 0 spiro atoms. The minimum absolute atomic E-state index is 0.328. The zero-order valence-corrected chi connectivity index (χ0v) is 12.4. The van der Waals surface area contributed by atoms with Crippen molar-refractivity contribution < 1.29 is 9.59 Å². The van der Waals surface area contributed by atoms with Crippen LogP contribution in [0.4, 0.5) is 0 Å². The van der Waals surface area contributed by atoms with E-state index in [1.165, 1.54) is 12.1 Å². The Labute approximate surface area is 132 Å². The summed E-state index contributed by atoms with van der Waals surface area (Å²) < 4.78 is 0. The fourth-order valence-corrected chi connectivity index (χ4v) is 1.90. The van der Waals surface area contributed by atoms with E-state index in [-0.39, 0.29) is 0 Å². The number of hydrogen-bond acceptors (Lipinski definition) is 2. The molecular weight excluding hydrogens is 307 g/mol. The van der Waals surface area contributed by atoms with Crippen LogP contribution in [0.5, 0.6) is 0 Å². The summed E-state index contributed by atoms with van der Waals surface area (Å²) in [5.74, 6) is 3.97. The molecule has 2 aromatic rings. The number of carbonyl (C=O) groups is 2. The van der Waals surface area contributed by atoms with Crippen molar-refractivity contribution in [3.8, 4) is 11.8 Å². The van der Waals surface area contributed by atoms with Gasteiger partial charge < -0.3 is 0 Å². The highest BCUT2D eigenvalue weighted by Crippen LogP contribution is 2.14. The number of alkyl halides is 1. The SMILES string of the molecule is O=C(C#Cc1ccccc1)C(Cl)C(=O)c1ccc(Cl)cc1. The molecule has 2 aromatic carbocycles. The van der Waals surface area contributed by atoms with Crippen molar-refractivity contribution in [2.45, 2.75) is 5.38 Å². The molecule has 0 aliphatic rings. The number of benzene rings is 2. The smallest absolute Gasteiger partial charge is 0.231 e. The molecule has 1 unspecified atom stereocenters. The van der Waals surface area contributed by atoms with Crippen molar-refractivity contribution >= 4 is 34.8 Å². The highest BCUT2D eigenvalue weighted by molar-refractivity contribution is 6.46. The lowest BCUT2D eigenvalue weighted by Gasteiger charge is -2.03. The fraction of sp³-hybridized carbons (Fsp3) is 0.0588. The van der Waals surface area contributed by atoms with Gasteiger partial charge in [-0.3, -0.25) is 9.59 Å². The molecule has 0 aliphatic heterocycles. The quantitative estimate of drug-likeness (QED) is 0.374. The maximum absolute atomic E-state index is 12.0. The third-order valence-corrected chi connectivity index (χ3v) is 3.34. The number of halogens is 2. The van der Waals surface area contributed by atoms with Crippen LogP contribution in [0.3, 0.4) is 0 Å². The molecule has 0 aliphatic carbocycles. The van der Waals surface area contributed by atoms with Gasteiger partial charge in [0.05, 0.1) is 0 Å². The van der Waals surface area contributed by atoms with Crippen LogP contribution < -0.4 is 0 Å². The van der Waals surface area contributed by atoms with E-state index in [0.29, 0.717) is 16.1 Å². The molecule has 21 heavy (non-hydrogen) atoms. The number of hydrogen-bond donors (Lipinski definition) is 0. The molecule has 0 amide bonds. The van der Waals surface area contributed by atoms with Crippen LogP contribution >= 0.6 is 23.2 Å². The van der Waals surface area contributed by atoms with Gasteiger partial charge in [0.25, 0.3) is 0 Å². The monoisotopic (exact) mass is 316 g/mol. The van der Waals surface area contributed by atoms with Crippen molar-refractivity contribution in [1.29, 1.82) is 0 Å². The Bertz CT molecular complexity index is 710. The van der Waals surface area contributed by atoms with E-state index in [4.69, 9.17) is 23.2 Å². The largest absolute Gasteiger partial charge is 0.292 e. The maximum Gasteiger partial charge on any atom is 0.231 e. The summed E-state index contributed by atoms with van der Waals surface area (Å²) in [6, 6.07) is 15.2. The highest BCUT2D eigenvalue weighted by Gasteiger charge is 2.23. The minimum atomic E-state index is -1.32. The van der Waals surface area contributed by atoms with E-state index >= 15 is 0 Å². The van der Waals surface area contributed by atoms with Gasteiger partial charge in [-0.1, -0.05) is 35.7 Å². The first-order chi connectivity index (χ1) is 10.1. The van der Waals surface area contributed by atoms with E-state index < -0.39 is 16.9 Å². The van der Waals surface area contributed by atoms with E-state index in [2.05, 4.69) is 11.8 Å². The zero-order chi connectivity index (χ0) is 15.2. The summed E-state index contributed by atoms with van der Waals surface area (Å²) in [5.41, 5.74) is 1.02. The first-order valence-electron chi connectivity index (χ1n) is 6.12. The topological polar surface area (TPSA) is 34.1 Å². The fourth-order valence-electron chi connectivity index (χ4n) is 1.60. The third kappa shape index (κ3) is 4.19. The van der Waals surface area contributed by atoms with Crippen LogP contribution in [0.25, 0.3) is 0 Å². The van der Waals surface area contributed by atoms with Crippen molar-refractivity contribution in [2.24, 2.45) is 0 Å². The molecule has 0 aromatic heterocycles. The molecule has 104 valence electrons. The van der Waals surface area contributed by atoms with Crippen LogP contribution in [0.1, 0.15) is 15.9 Å². The van der Waals surface area contributed by atoms with E-state index in [1.54, 1.807) is 24.3 Å². The normalized spacial score (nSPS) is 11.1. The second kappa shape index (κ2) is 7.08. The molecular formula is C17H10Cl2O2. The average molecular weight is 317 g/mol. The molecule has 0 radical (unpaired) electrons. The van der Waals surface area contributed by atoms with Gasteiger partial charge in [0.1, 0.15) is 0 Å². The highest BCUT2D eigenvalue weighted by atomic mass is 35.5. The van der Waals surface area contributed by atoms with E-state index in [0.717, 1.165) is 0 Å². The number of ketones is 2. The third-order valence-electron chi connectivity index (χ3n) is 2.69. The number of Topliss-reactive ketones (excluding diaryl/α,β-unsaturated/α-hetero) is 2. The first kappa shape index (κ1) is 15.3. The van der Waals surface area contributed by atoms with Gasteiger partial charge in [0.2, 0.25) is 5.78 Å². The van der Waals surface area contributed by atoms with E-state index in [1.807, 2.05) is 18.2 Å². The van der Waals surface area contributed by atoms with Crippen LogP contribution in [0.2, 0.25) is 5.02 Å². The molecule has 0 heterocycles. The molecule has 0 bridgehead atoms. The van der Waals surface area contributed by atoms with E-state index in [9.17, 15) is 9.59 Å². The van der Waals surface area contributed by atoms with Crippen molar-refractivity contribution in [3.05, 3.63) is 70.7 Å². The molecule has 4 heteroatoms. The van der Waals surface area contributed by atoms with Crippen LogP contribution in [-0.4, -0.2) is 16.9 Å². The molecule has 0 fully saturated rings. The van der Waals surface area contributed by atoms with Gasteiger partial charge in [-0.2, -0.15) is 0 Å². The van der Waals surface area contributed by atoms with Gasteiger partial charge in [-0.25, -0.2) is 0 Å². The standard InChI is InChI=1S/C17H10Cl2O2/c18-14-9-7-13(8-10-14)17(21)16(19)15(20)11-6-12-4-2-1-3-5-12/h1-5,7-10,16H. The minimum Gasteiger partial charge on any atom is -0.292 e. The summed E-state index contributed by atoms with van der Waals surface area (Å²) in [4.78, 5) is 23.9. The van der Waals surface area contributed by atoms with Crippen molar-refractivity contribution in [3.63, 3.8) is 0 Å². The van der Waals surface area contributed by atoms with Gasteiger partial charge in [-0.05, 0) is 42.3 Å². The van der Waals surface area contributed by atoms with Gasteiger partial charge in [-0.15, -0.1) is 11.6 Å². The summed E-state index contributed by atoms with van der Waals surface area (Å²) in [6.45, 7) is 0. The first-order valence-corrected chi connectivity index (χ1v) is 6.94. The molecule has 2 rings (SSSR count). The maximum atomic E-state index is 12.0. The Morgan fingerprint density at radius 3 is 2.19 bits per heavy atom.